The molecule has 0 saturated carbocycles. The first-order chi connectivity index (χ1) is 9.16. The number of thioether (sulfide) groups is 1. The van der Waals surface area contributed by atoms with Crippen molar-refractivity contribution < 1.29 is 14.0 Å². The third-order valence-corrected chi connectivity index (χ3v) is 3.88. The van der Waals surface area contributed by atoms with Crippen LogP contribution in [-0.4, -0.2) is 29.4 Å². The predicted octanol–water partition coefficient (Wildman–Crippen LogP) is 1.06. The van der Waals surface area contributed by atoms with Crippen LogP contribution in [0.15, 0.2) is 24.3 Å². The number of hydrogen-bond donors (Lipinski definition) is 2. The lowest BCUT2D eigenvalue weighted by atomic mass is 10.2. The maximum atomic E-state index is 13.4. The van der Waals surface area contributed by atoms with Crippen molar-refractivity contribution in [3.8, 4) is 0 Å². The first-order valence-corrected chi connectivity index (χ1v) is 7.20. The van der Waals surface area contributed by atoms with Crippen LogP contribution < -0.4 is 10.6 Å². The average molecular weight is 282 g/mol. The molecule has 0 aromatic heterocycles. The van der Waals surface area contributed by atoms with Gasteiger partial charge in [0.1, 0.15) is 11.9 Å². The van der Waals surface area contributed by atoms with Crippen molar-refractivity contribution in [3.05, 3.63) is 35.6 Å². The fraction of sp³-hybridized carbons (Fsp3) is 0.385. The normalized spacial score (nSPS) is 19.4. The van der Waals surface area contributed by atoms with E-state index in [0.717, 1.165) is 5.75 Å². The molecule has 1 saturated heterocycles. The van der Waals surface area contributed by atoms with Crippen molar-refractivity contribution in [3.63, 3.8) is 0 Å². The van der Waals surface area contributed by atoms with Gasteiger partial charge >= 0.3 is 0 Å². The smallest absolute Gasteiger partial charge is 0.243 e. The first kappa shape index (κ1) is 13.9. The molecule has 1 heterocycles. The molecule has 4 nitrogen and oxygen atoms in total. The molecule has 1 unspecified atom stereocenters. The van der Waals surface area contributed by atoms with E-state index in [2.05, 4.69) is 10.6 Å². The van der Waals surface area contributed by atoms with E-state index in [-0.39, 0.29) is 24.2 Å². The van der Waals surface area contributed by atoms with Crippen LogP contribution in [0.25, 0.3) is 0 Å². The van der Waals surface area contributed by atoms with Gasteiger partial charge in [-0.15, -0.1) is 0 Å². The van der Waals surface area contributed by atoms with Crippen molar-refractivity contribution in [1.29, 1.82) is 0 Å². The van der Waals surface area contributed by atoms with Gasteiger partial charge in [-0.2, -0.15) is 11.8 Å². The van der Waals surface area contributed by atoms with Gasteiger partial charge in [0.15, 0.2) is 0 Å². The lowest BCUT2D eigenvalue weighted by Crippen LogP contribution is -2.47. The summed E-state index contributed by atoms with van der Waals surface area (Å²) in [6.07, 6.45) is 0.432. The second-order valence-corrected chi connectivity index (χ2v) is 5.40. The fourth-order valence-electron chi connectivity index (χ4n) is 1.76. The highest BCUT2D eigenvalue weighted by Crippen LogP contribution is 2.10. The molecular weight excluding hydrogens is 267 g/mol. The van der Waals surface area contributed by atoms with E-state index in [9.17, 15) is 14.0 Å². The van der Waals surface area contributed by atoms with Gasteiger partial charge in [0, 0.05) is 30.0 Å². The third-order valence-electron chi connectivity index (χ3n) is 2.82. The zero-order valence-electron chi connectivity index (χ0n) is 10.3. The highest BCUT2D eigenvalue weighted by atomic mass is 32.2. The molecule has 0 radical (unpaired) electrons. The van der Waals surface area contributed by atoms with Crippen molar-refractivity contribution >= 4 is 23.6 Å². The lowest BCUT2D eigenvalue weighted by Gasteiger charge is -2.15. The highest BCUT2D eigenvalue weighted by molar-refractivity contribution is 7.99. The third kappa shape index (κ3) is 3.96. The van der Waals surface area contributed by atoms with E-state index >= 15 is 0 Å². The van der Waals surface area contributed by atoms with Crippen molar-refractivity contribution in [1.82, 2.24) is 10.6 Å². The minimum Gasteiger partial charge on any atom is -0.350 e. The predicted molar refractivity (Wildman–Crippen MR) is 72.1 cm³/mol. The summed E-state index contributed by atoms with van der Waals surface area (Å²) < 4.78 is 13.4. The standard InChI is InChI=1S/C13H15FN2O2S/c14-10-4-2-1-3-9(10)7-15-13(18)11-8-19-6-5-12(17)16-11/h1-4,11H,5-8H2,(H,15,18)(H,16,17). The Morgan fingerprint density at radius 1 is 1.47 bits per heavy atom. The monoisotopic (exact) mass is 282 g/mol. The maximum Gasteiger partial charge on any atom is 0.243 e. The molecule has 0 bridgehead atoms. The van der Waals surface area contributed by atoms with Crippen LogP contribution >= 0.6 is 11.8 Å². The lowest BCUT2D eigenvalue weighted by molar-refractivity contribution is -0.128. The highest BCUT2D eigenvalue weighted by Gasteiger charge is 2.23. The van der Waals surface area contributed by atoms with Gasteiger partial charge in [-0.1, -0.05) is 18.2 Å². The molecule has 2 N–H and O–H groups in total. The van der Waals surface area contributed by atoms with Gasteiger partial charge in [0.2, 0.25) is 11.8 Å². The molecule has 1 atom stereocenters. The molecule has 0 spiro atoms. The Bertz CT molecular complexity index is 481. The summed E-state index contributed by atoms with van der Waals surface area (Å²) >= 11 is 1.56. The Kier molecular flexibility index (Phi) is 4.79. The van der Waals surface area contributed by atoms with Crippen LogP contribution in [0, 0.1) is 5.82 Å². The molecule has 1 aliphatic rings. The van der Waals surface area contributed by atoms with Gasteiger partial charge < -0.3 is 10.6 Å². The van der Waals surface area contributed by atoms with Crippen molar-refractivity contribution in [2.45, 2.75) is 19.0 Å². The molecule has 2 amide bonds. The molecule has 1 aromatic carbocycles. The van der Waals surface area contributed by atoms with Crippen molar-refractivity contribution in [2.75, 3.05) is 11.5 Å². The molecule has 19 heavy (non-hydrogen) atoms. The fourth-order valence-corrected chi connectivity index (χ4v) is 2.73. The van der Waals surface area contributed by atoms with Crippen molar-refractivity contribution in [2.24, 2.45) is 0 Å². The van der Waals surface area contributed by atoms with Crippen LogP contribution in [0.1, 0.15) is 12.0 Å². The molecule has 2 rings (SSSR count). The Morgan fingerprint density at radius 2 is 2.26 bits per heavy atom. The minimum absolute atomic E-state index is 0.115. The van der Waals surface area contributed by atoms with Gasteiger partial charge in [0.05, 0.1) is 0 Å². The number of carbonyl (C=O) groups is 2. The van der Waals surface area contributed by atoms with E-state index in [1.807, 2.05) is 0 Å². The summed E-state index contributed by atoms with van der Waals surface area (Å²) in [4.78, 5) is 23.3. The van der Waals surface area contributed by atoms with E-state index < -0.39 is 6.04 Å². The molecule has 0 aliphatic carbocycles. The maximum absolute atomic E-state index is 13.4. The van der Waals surface area contributed by atoms with E-state index in [0.29, 0.717) is 17.7 Å². The number of nitrogens with one attached hydrogen (secondary N) is 2. The summed E-state index contributed by atoms with van der Waals surface area (Å²) in [7, 11) is 0. The summed E-state index contributed by atoms with van der Waals surface area (Å²) in [5.41, 5.74) is 0.434. The minimum atomic E-state index is -0.535. The van der Waals surface area contributed by atoms with E-state index in [1.54, 1.807) is 30.0 Å². The molecule has 1 fully saturated rings. The topological polar surface area (TPSA) is 58.2 Å². The zero-order chi connectivity index (χ0) is 13.7. The Labute approximate surface area is 115 Å². The second kappa shape index (κ2) is 6.56. The summed E-state index contributed by atoms with van der Waals surface area (Å²) in [6, 6.07) is 5.75. The van der Waals surface area contributed by atoms with Gasteiger partial charge in [-0.3, -0.25) is 9.59 Å². The Balaban J connectivity index is 1.90. The van der Waals surface area contributed by atoms with Crippen LogP contribution in [-0.2, 0) is 16.1 Å². The molecule has 1 aromatic rings. The number of benzene rings is 1. The van der Waals surface area contributed by atoms with E-state index in [1.165, 1.54) is 6.07 Å². The number of carbonyl (C=O) groups excluding carboxylic acids is 2. The van der Waals surface area contributed by atoms with Gasteiger partial charge in [0.25, 0.3) is 0 Å². The number of hydrogen-bond acceptors (Lipinski definition) is 3. The van der Waals surface area contributed by atoms with Crippen LogP contribution in [0.3, 0.4) is 0 Å². The largest absolute Gasteiger partial charge is 0.350 e. The molecule has 102 valence electrons. The summed E-state index contributed by atoms with van der Waals surface area (Å²) in [5.74, 6) is 0.543. The quantitative estimate of drug-likeness (QED) is 0.871. The zero-order valence-corrected chi connectivity index (χ0v) is 11.1. The first-order valence-electron chi connectivity index (χ1n) is 6.05. The number of amides is 2. The number of rotatable bonds is 3. The molecule has 1 aliphatic heterocycles. The van der Waals surface area contributed by atoms with Crippen LogP contribution in [0.4, 0.5) is 4.39 Å². The SMILES string of the molecule is O=C1CCSCC(C(=O)NCc2ccccc2F)N1. The summed E-state index contributed by atoms with van der Waals surface area (Å²) in [6.45, 7) is 0.128. The molecular formula is C13H15FN2O2S. The second-order valence-electron chi connectivity index (χ2n) is 4.25. The van der Waals surface area contributed by atoms with Gasteiger partial charge in [-0.25, -0.2) is 4.39 Å². The Morgan fingerprint density at radius 3 is 3.05 bits per heavy atom. The average Bonchev–Trinajstić information content (AvgIpc) is 2.62. The summed E-state index contributed by atoms with van der Waals surface area (Å²) in [5, 5.41) is 5.31. The number of halogens is 1. The van der Waals surface area contributed by atoms with Crippen LogP contribution in [0.2, 0.25) is 0 Å². The van der Waals surface area contributed by atoms with Crippen LogP contribution in [0.5, 0.6) is 0 Å². The van der Waals surface area contributed by atoms with E-state index in [4.69, 9.17) is 0 Å². The Hall–Kier alpha value is -1.56. The molecule has 6 heteroatoms. The van der Waals surface area contributed by atoms with Gasteiger partial charge in [-0.05, 0) is 6.07 Å².